The van der Waals surface area contributed by atoms with E-state index in [1.54, 1.807) is 36.4 Å². The van der Waals surface area contributed by atoms with Crippen molar-refractivity contribution >= 4 is 97.3 Å². The maximum absolute atomic E-state index is 10.7. The second-order valence-electron chi connectivity index (χ2n) is 16.8. The summed E-state index contributed by atoms with van der Waals surface area (Å²) < 4.78 is 114. The van der Waals surface area contributed by atoms with Gasteiger partial charge < -0.3 is 43.2 Å². The first-order valence-electron chi connectivity index (χ1n) is 26.2. The molecule has 0 aliphatic carbocycles. The number of aryl methyl sites for hydroxylation is 2. The molecule has 0 spiro atoms. The standard InChI is InChI=1S/C19H11NO.C19H10NO.2C12H10N.CHF3O3S.2CH3.2Ir/c2*1-2-6-17-14(5-1)16-10-13-8-7-12-4-3-9-20-19(12)15(13)11-18(16)21-17;2*1-10-7-8-12(13-9-10)11-5-3-2-4-6-11;2-1(3,4)8(5,6)7;;;;/h1-11H;1-10H;2*2-5,7-9H,1H3;(H,5,6,7);2*1H3;;/q;3*-1;;2*-1;;+3/p-1/i;;2*1D3;;;;;. The molecule has 0 saturated heterocycles. The monoisotopic (exact) mass is 1440 g/mol. The number of aromatic nitrogens is 4. The van der Waals surface area contributed by atoms with Crippen LogP contribution in [-0.2, 0) is 50.3 Å². The van der Waals surface area contributed by atoms with Gasteiger partial charge in [0, 0.05) is 74.7 Å². The maximum atomic E-state index is 10.7. The predicted octanol–water partition coefficient (Wildman–Crippen LogP) is 17.0. The van der Waals surface area contributed by atoms with E-state index in [-0.39, 0.29) is 66.2 Å². The van der Waals surface area contributed by atoms with Gasteiger partial charge in [-0.3, -0.25) is 4.98 Å². The summed E-state index contributed by atoms with van der Waals surface area (Å²) in [6.07, 6.45) is 6.44. The van der Waals surface area contributed by atoms with Gasteiger partial charge >= 0.3 is 25.6 Å². The molecular weight excluding hydrogens is 1390 g/mol. The first kappa shape index (κ1) is 52.7. The Morgan fingerprint density at radius 2 is 1.00 bits per heavy atom. The topological polar surface area (TPSA) is 135 Å². The van der Waals surface area contributed by atoms with Gasteiger partial charge in [-0.2, -0.15) is 13.2 Å². The molecule has 0 bridgehead atoms. The van der Waals surface area contributed by atoms with Gasteiger partial charge in [-0.1, -0.05) is 109 Å². The van der Waals surface area contributed by atoms with Crippen molar-refractivity contribution in [2.45, 2.75) is 19.2 Å². The van der Waals surface area contributed by atoms with E-state index in [9.17, 15) is 13.2 Å². The van der Waals surface area contributed by atoms with E-state index in [0.29, 0.717) is 0 Å². The Hall–Kier alpha value is -8.00. The number of furan rings is 2. The Kier molecular flexibility index (Phi) is 17.6. The summed E-state index contributed by atoms with van der Waals surface area (Å²) in [7, 11) is -6.09. The van der Waals surface area contributed by atoms with Crippen LogP contribution in [0.1, 0.15) is 19.4 Å². The summed E-state index contributed by atoms with van der Waals surface area (Å²) >= 11 is 0. The van der Waals surface area contributed by atoms with Crippen molar-refractivity contribution < 1.29 is 83.4 Å². The van der Waals surface area contributed by atoms with Gasteiger partial charge in [0.05, 0.1) is 11.1 Å². The molecule has 0 atom stereocenters. The maximum Gasteiger partial charge on any atom is 3.00 e. The molecule has 0 aliphatic heterocycles. The molecule has 6 aromatic heterocycles. The van der Waals surface area contributed by atoms with Crippen molar-refractivity contribution in [3.63, 3.8) is 0 Å². The Labute approximate surface area is 496 Å². The third-order valence-corrected chi connectivity index (χ3v) is 12.4. The fourth-order valence-electron chi connectivity index (χ4n) is 8.28. The van der Waals surface area contributed by atoms with E-state index < -0.39 is 29.3 Å². The van der Waals surface area contributed by atoms with Gasteiger partial charge in [0.2, 0.25) is 0 Å². The second kappa shape index (κ2) is 26.8. The molecule has 0 N–H and O–H groups in total. The molecule has 14 aromatic rings. The number of fused-ring (bicyclic) bond motifs is 12. The molecule has 80 heavy (non-hydrogen) atoms. The van der Waals surface area contributed by atoms with Crippen molar-refractivity contribution in [1.29, 1.82) is 0 Å². The molecule has 0 aliphatic rings. The quantitative estimate of drug-likeness (QED) is 0.0717. The first-order chi connectivity index (χ1) is 39.2. The molecule has 405 valence electrons. The number of benzene rings is 8. The summed E-state index contributed by atoms with van der Waals surface area (Å²) in [6.45, 7) is -4.18. The molecule has 1 radical (unpaired) electrons. The first-order valence-corrected chi connectivity index (χ1v) is 24.6. The fraction of sp³-hybridized carbons (Fsp3) is 0.0462. The van der Waals surface area contributed by atoms with E-state index in [1.807, 2.05) is 97.3 Å². The normalized spacial score (nSPS) is 12.2. The molecule has 8 aromatic carbocycles. The molecule has 0 amide bonds. The van der Waals surface area contributed by atoms with Gasteiger partial charge in [0.1, 0.15) is 16.7 Å². The largest absolute Gasteiger partial charge is 3.00 e. The van der Waals surface area contributed by atoms with Gasteiger partial charge in [-0.05, 0) is 94.3 Å². The molecule has 15 heteroatoms. The van der Waals surface area contributed by atoms with E-state index in [2.05, 4.69) is 105 Å². The van der Waals surface area contributed by atoms with Crippen LogP contribution in [0.2, 0.25) is 0 Å². The van der Waals surface area contributed by atoms with E-state index in [4.69, 9.17) is 30.0 Å². The van der Waals surface area contributed by atoms with Gasteiger partial charge in [-0.15, -0.1) is 88.6 Å². The van der Waals surface area contributed by atoms with Crippen molar-refractivity contribution in [2.75, 3.05) is 0 Å². The van der Waals surface area contributed by atoms with Crippen LogP contribution >= 0.6 is 0 Å². The van der Waals surface area contributed by atoms with Gasteiger partial charge in [-0.25, -0.2) is 8.42 Å². The predicted molar refractivity (Wildman–Crippen MR) is 307 cm³/mol. The molecule has 14 rings (SSSR count). The average Bonchev–Trinajstić information content (AvgIpc) is 1.85. The Balaban J connectivity index is 0.000000175. The Morgan fingerprint density at radius 1 is 0.512 bits per heavy atom. The summed E-state index contributed by atoms with van der Waals surface area (Å²) in [5.41, 5.74) is 3.59. The number of nitrogens with zero attached hydrogens (tertiary/aromatic N) is 4. The number of pyridine rings is 4. The van der Waals surface area contributed by atoms with Crippen LogP contribution in [0.25, 0.3) is 110 Å². The molecule has 0 fully saturated rings. The Morgan fingerprint density at radius 3 is 1.52 bits per heavy atom. The molecule has 9 nitrogen and oxygen atoms in total. The minimum absolute atomic E-state index is 0. The smallest absolute Gasteiger partial charge is 0.741 e. The number of rotatable bonds is 2. The summed E-state index contributed by atoms with van der Waals surface area (Å²) in [6, 6.07) is 70.3. The second-order valence-corrected chi connectivity index (χ2v) is 18.2. The Bertz CT molecular complexity index is 4420. The molecular formula is C65H47F3Ir2N4O5S-3. The third-order valence-electron chi connectivity index (χ3n) is 11.8. The molecule has 0 saturated carbocycles. The zero-order chi connectivity index (χ0) is 57.8. The van der Waals surface area contributed by atoms with Crippen LogP contribution in [0.5, 0.6) is 0 Å². The van der Waals surface area contributed by atoms with E-state index in [1.165, 1.54) is 17.8 Å². The van der Waals surface area contributed by atoms with E-state index in [0.717, 1.165) is 104 Å². The van der Waals surface area contributed by atoms with Crippen LogP contribution in [0.3, 0.4) is 0 Å². The summed E-state index contributed by atoms with van der Waals surface area (Å²) in [5.74, 6) is 0. The third kappa shape index (κ3) is 13.9. The van der Waals surface area contributed by atoms with Crippen LogP contribution in [0.15, 0.2) is 222 Å². The number of hydrogen-bond acceptors (Lipinski definition) is 9. The fourth-order valence-corrected chi connectivity index (χ4v) is 8.28. The van der Waals surface area contributed by atoms with Crippen molar-refractivity contribution in [2.24, 2.45) is 0 Å². The zero-order valence-electron chi connectivity index (χ0n) is 48.2. The number of alkyl halides is 3. The average molecular weight is 1440 g/mol. The minimum atomic E-state index is -6.09. The number of hydrogen-bond donors (Lipinski definition) is 0. The molecule has 0 unspecified atom stereocenters. The number of halogens is 3. The van der Waals surface area contributed by atoms with Crippen LogP contribution in [0.4, 0.5) is 13.2 Å². The van der Waals surface area contributed by atoms with Crippen molar-refractivity contribution in [3.05, 3.63) is 257 Å². The van der Waals surface area contributed by atoms with Crippen molar-refractivity contribution in [3.8, 4) is 22.5 Å². The van der Waals surface area contributed by atoms with E-state index >= 15 is 0 Å². The van der Waals surface area contributed by atoms with Crippen LogP contribution < -0.4 is 0 Å². The zero-order valence-corrected chi connectivity index (χ0v) is 47.9. The summed E-state index contributed by atoms with van der Waals surface area (Å²) in [5, 5.41) is 11.3. The van der Waals surface area contributed by atoms with Crippen molar-refractivity contribution in [1.82, 2.24) is 19.9 Å². The number of para-hydroxylation sites is 2. The van der Waals surface area contributed by atoms with Crippen LogP contribution in [0, 0.1) is 46.8 Å². The molecule has 6 heterocycles. The van der Waals surface area contributed by atoms with Gasteiger partial charge in [0.25, 0.3) is 0 Å². The van der Waals surface area contributed by atoms with Crippen LogP contribution in [-0.4, -0.2) is 38.4 Å². The SMILES string of the molecule is O=S(=O)([O-])C(F)(F)F.[2H]C([2H])([2H])c1ccc(-c2[c-]cccc2)nc1.[2H]C([2H])([2H])c1ccc(-c2[c-]cccc2)nc1.[CH3-].[CH3-].[Ir+3].[Ir].[c-]1c2oc3ccccc3c2cc2ccc3cccnc3c12.c1cnc2c(c1)ccc1cc3c(cc12)oc1ccccc13. The minimum Gasteiger partial charge on any atom is -0.741 e. The summed E-state index contributed by atoms with van der Waals surface area (Å²) in [4.78, 5) is 17.3. The van der Waals surface area contributed by atoms with Gasteiger partial charge in [0.15, 0.2) is 10.1 Å².